The molecule has 1 aromatic rings. The maximum atomic E-state index is 13.2. The van der Waals surface area contributed by atoms with E-state index in [1.54, 1.807) is 20.8 Å². The van der Waals surface area contributed by atoms with Gasteiger partial charge in [0.15, 0.2) is 0 Å². The van der Waals surface area contributed by atoms with Crippen LogP contribution in [0.3, 0.4) is 0 Å². The largest absolute Gasteiger partial charge is 0.462 e. The Hall–Kier alpha value is -1.84. The maximum absolute atomic E-state index is 13.2. The van der Waals surface area contributed by atoms with Gasteiger partial charge in [-0.1, -0.05) is 12.0 Å². The summed E-state index contributed by atoms with van der Waals surface area (Å²) in [4.78, 5) is 12.1. The highest BCUT2D eigenvalue weighted by atomic mass is 31.2. The van der Waals surface area contributed by atoms with Gasteiger partial charge >= 0.3 is 13.5 Å². The van der Waals surface area contributed by atoms with Crippen molar-refractivity contribution < 1.29 is 28.5 Å². The van der Waals surface area contributed by atoms with Crippen LogP contribution in [0.15, 0.2) is 18.2 Å². The molecule has 1 unspecified atom stereocenters. The highest BCUT2D eigenvalue weighted by molar-refractivity contribution is 7.57. The Balaban J connectivity index is 1.31. The van der Waals surface area contributed by atoms with E-state index in [1.165, 1.54) is 11.1 Å². The number of esters is 1. The van der Waals surface area contributed by atoms with Crippen LogP contribution in [0.1, 0.15) is 69.9 Å². The van der Waals surface area contributed by atoms with Gasteiger partial charge in [0.05, 0.1) is 12.7 Å². The van der Waals surface area contributed by atoms with E-state index in [2.05, 4.69) is 17.1 Å². The lowest BCUT2D eigenvalue weighted by atomic mass is 9.51. The van der Waals surface area contributed by atoms with E-state index < -0.39 is 25.9 Å². The van der Waals surface area contributed by atoms with E-state index in [-0.39, 0.29) is 17.1 Å². The zero-order valence-electron chi connectivity index (χ0n) is 20.8. The summed E-state index contributed by atoms with van der Waals surface area (Å²) in [5.41, 5.74) is 2.39. The van der Waals surface area contributed by atoms with Gasteiger partial charge in [0, 0.05) is 5.41 Å². The summed E-state index contributed by atoms with van der Waals surface area (Å²) in [5, 5.41) is 12.5. The fourth-order valence-corrected chi connectivity index (χ4v) is 8.66. The molecule has 35 heavy (non-hydrogen) atoms. The van der Waals surface area contributed by atoms with Crippen molar-refractivity contribution in [2.75, 3.05) is 13.0 Å². The quantitative estimate of drug-likeness (QED) is 0.325. The van der Waals surface area contributed by atoms with Gasteiger partial charge in [-0.3, -0.25) is 9.36 Å². The van der Waals surface area contributed by atoms with Crippen LogP contribution in [0.4, 0.5) is 0 Å². The zero-order chi connectivity index (χ0) is 25.0. The van der Waals surface area contributed by atoms with Crippen molar-refractivity contribution in [1.29, 1.82) is 0 Å². The second-order valence-electron chi connectivity index (χ2n) is 11.0. The van der Waals surface area contributed by atoms with E-state index in [4.69, 9.17) is 20.4 Å². The number of aryl methyl sites for hydroxylation is 1. The Morgan fingerprint density at radius 2 is 2.11 bits per heavy atom. The molecule has 0 bridgehead atoms. The summed E-state index contributed by atoms with van der Waals surface area (Å²) < 4.78 is 30.1. The monoisotopic (exact) mass is 501 g/mol. The third kappa shape index (κ3) is 3.94. The van der Waals surface area contributed by atoms with Gasteiger partial charge in [0.25, 0.3) is 0 Å². The average Bonchev–Trinajstić information content (AvgIpc) is 3.05. The second-order valence-corrected chi connectivity index (χ2v) is 13.1. The maximum Gasteiger partial charge on any atom is 0.342 e. The predicted octanol–water partition coefficient (Wildman–Crippen LogP) is 4.38. The molecule has 7 atom stereocenters. The molecule has 0 amide bonds. The number of aliphatic hydroxyl groups excluding tert-OH is 1. The molecule has 3 aliphatic carbocycles. The number of terminal acetylenes is 1. The van der Waals surface area contributed by atoms with Crippen LogP contribution in [0, 0.1) is 29.6 Å². The number of carbonyl (C=O) groups excluding carboxylic acids is 1. The van der Waals surface area contributed by atoms with Gasteiger partial charge in [-0.2, -0.15) is 0 Å². The topological polar surface area (TPSA) is 94.1 Å². The number of nitrogens with one attached hydrogen (secondary N) is 1. The standard InChI is InChI=1S/C27H36NO6P/c1-5-27-13-11-24-23-8-6-19-14-20(7-9-21(19)22(23)10-12-26(24,27)15-32-27)34-35(31,16-29)28-18(4)25(30)33-17(2)3/h1,7,9,14,17-18,22-24,29H,6,8,10-13,15-16H2,2-4H3,(H,28,31)/t18-,22+,23+,24-,26+,27-,35?/m0/s1. The molecule has 3 fully saturated rings. The van der Waals surface area contributed by atoms with E-state index in [1.807, 2.05) is 12.1 Å². The van der Waals surface area contributed by atoms with Crippen LogP contribution in [-0.2, 0) is 25.3 Å². The van der Waals surface area contributed by atoms with Crippen molar-refractivity contribution in [3.8, 4) is 18.1 Å². The second kappa shape index (κ2) is 8.92. The van der Waals surface area contributed by atoms with Gasteiger partial charge in [-0.15, -0.1) is 6.42 Å². The molecule has 0 aromatic heterocycles. The van der Waals surface area contributed by atoms with Crippen LogP contribution in [0.2, 0.25) is 0 Å². The molecule has 1 spiro atoms. The van der Waals surface area contributed by atoms with E-state index in [9.17, 15) is 14.5 Å². The van der Waals surface area contributed by atoms with Crippen molar-refractivity contribution in [3.63, 3.8) is 0 Å². The summed E-state index contributed by atoms with van der Waals surface area (Å²) >= 11 is 0. The summed E-state index contributed by atoms with van der Waals surface area (Å²) in [5.74, 6) is 4.63. The first-order chi connectivity index (χ1) is 16.7. The summed E-state index contributed by atoms with van der Waals surface area (Å²) in [7, 11) is -3.70. The van der Waals surface area contributed by atoms with Gasteiger partial charge < -0.3 is 19.1 Å². The fourth-order valence-electron chi connectivity index (χ4n) is 7.32. The fraction of sp³-hybridized carbons (Fsp3) is 0.667. The number of hydrogen-bond donors (Lipinski definition) is 2. The molecule has 8 heteroatoms. The Morgan fingerprint density at radius 3 is 2.77 bits per heavy atom. The first-order valence-corrected chi connectivity index (χ1v) is 14.6. The summed E-state index contributed by atoms with van der Waals surface area (Å²) in [6.45, 7) is 5.84. The minimum absolute atomic E-state index is 0.163. The molecule has 4 aliphatic rings. The van der Waals surface area contributed by atoms with Crippen molar-refractivity contribution >= 4 is 13.5 Å². The third-order valence-corrected chi connectivity index (χ3v) is 10.5. The molecule has 190 valence electrons. The van der Waals surface area contributed by atoms with Crippen LogP contribution in [0.25, 0.3) is 0 Å². The Bertz CT molecular complexity index is 1100. The minimum Gasteiger partial charge on any atom is -0.462 e. The van der Waals surface area contributed by atoms with Crippen LogP contribution >= 0.6 is 7.52 Å². The highest BCUT2D eigenvalue weighted by Gasteiger charge is 2.70. The first-order valence-electron chi connectivity index (χ1n) is 12.8. The Kier molecular flexibility index (Phi) is 6.33. The number of hydrogen-bond acceptors (Lipinski definition) is 6. The third-order valence-electron chi connectivity index (χ3n) is 8.86. The molecule has 2 saturated carbocycles. The lowest BCUT2D eigenvalue weighted by Gasteiger charge is -2.60. The molecule has 1 heterocycles. The molecular formula is C27H36NO6P. The van der Waals surface area contributed by atoms with E-state index >= 15 is 0 Å². The lowest BCUT2D eigenvalue weighted by Crippen LogP contribution is -2.64. The van der Waals surface area contributed by atoms with E-state index in [0.717, 1.165) is 45.1 Å². The number of benzene rings is 1. The number of carbonyl (C=O) groups is 1. The molecule has 5 rings (SSSR count). The Morgan fingerprint density at radius 1 is 1.31 bits per heavy atom. The van der Waals surface area contributed by atoms with Crippen LogP contribution in [-0.4, -0.2) is 41.8 Å². The van der Waals surface area contributed by atoms with Crippen molar-refractivity contribution in [2.45, 2.75) is 83.0 Å². The molecular weight excluding hydrogens is 465 g/mol. The molecule has 7 nitrogen and oxygen atoms in total. The van der Waals surface area contributed by atoms with Crippen LogP contribution < -0.4 is 9.61 Å². The van der Waals surface area contributed by atoms with Gasteiger partial charge in [-0.05, 0) is 100 Å². The van der Waals surface area contributed by atoms with Gasteiger partial charge in [-0.25, -0.2) is 5.09 Å². The number of fused-ring (bicyclic) bond motifs is 4. The minimum atomic E-state index is -3.70. The van der Waals surface area contributed by atoms with E-state index in [0.29, 0.717) is 23.5 Å². The average molecular weight is 502 g/mol. The number of aliphatic hydroxyl groups is 1. The van der Waals surface area contributed by atoms with Crippen molar-refractivity contribution in [1.82, 2.24) is 5.09 Å². The zero-order valence-corrected chi connectivity index (χ0v) is 21.7. The summed E-state index contributed by atoms with van der Waals surface area (Å²) in [6, 6.07) is 5.00. The first kappa shape index (κ1) is 24.8. The van der Waals surface area contributed by atoms with Crippen LogP contribution in [0.5, 0.6) is 5.75 Å². The Labute approximate surface area is 207 Å². The predicted molar refractivity (Wildman–Crippen MR) is 132 cm³/mol. The van der Waals surface area contributed by atoms with Gasteiger partial charge in [0.1, 0.15) is 23.7 Å². The molecule has 1 aromatic carbocycles. The molecule has 2 N–H and O–H groups in total. The smallest absolute Gasteiger partial charge is 0.342 e. The van der Waals surface area contributed by atoms with Crippen molar-refractivity contribution in [3.05, 3.63) is 29.3 Å². The van der Waals surface area contributed by atoms with Gasteiger partial charge in [0.2, 0.25) is 0 Å². The highest BCUT2D eigenvalue weighted by Crippen LogP contribution is 2.69. The lowest BCUT2D eigenvalue weighted by molar-refractivity contribution is -0.250. The normalized spacial score (nSPS) is 35.3. The SMILES string of the molecule is C#C[C@]12CC[C@H]3[C@@H]4CCc5cc(OP(=O)(CO)N[C@@H](C)C(=O)OC(C)C)ccc5[C@H]4CC[C@@]31CO2. The summed E-state index contributed by atoms with van der Waals surface area (Å²) in [6.07, 6.45) is 11.3. The van der Waals surface area contributed by atoms with Crippen molar-refractivity contribution in [2.24, 2.45) is 17.3 Å². The molecule has 1 aliphatic heterocycles. The number of ether oxygens (including phenoxy) is 2. The molecule has 1 saturated heterocycles. The number of rotatable bonds is 7. The molecule has 0 radical (unpaired) electrons.